The highest BCUT2D eigenvalue weighted by Gasteiger charge is 2.36. The molecule has 1 aliphatic rings. The second kappa shape index (κ2) is 10.5. The lowest BCUT2D eigenvalue weighted by Crippen LogP contribution is -2.30. The molecule has 0 spiro atoms. The van der Waals surface area contributed by atoms with Crippen LogP contribution in [0.15, 0.2) is 53.1 Å². The van der Waals surface area contributed by atoms with Crippen molar-refractivity contribution in [1.29, 1.82) is 0 Å². The Labute approximate surface area is 176 Å². The number of hydrogen-bond acceptors (Lipinski definition) is 4. The highest BCUT2D eigenvalue weighted by molar-refractivity contribution is 14.1. The van der Waals surface area contributed by atoms with Gasteiger partial charge in [0.1, 0.15) is 5.76 Å². The van der Waals surface area contributed by atoms with Crippen LogP contribution in [0, 0.1) is 10.5 Å². The average molecular weight is 483 g/mol. The predicted molar refractivity (Wildman–Crippen MR) is 119 cm³/mol. The number of esters is 1. The molecule has 148 valence electrons. The van der Waals surface area contributed by atoms with Gasteiger partial charge in [0.15, 0.2) is 0 Å². The zero-order valence-electron chi connectivity index (χ0n) is 17.3. The molecule has 0 saturated heterocycles. The normalized spacial score (nSPS) is 16.2. The van der Waals surface area contributed by atoms with Crippen LogP contribution < -0.4 is 5.32 Å². The van der Waals surface area contributed by atoms with Crippen molar-refractivity contribution in [2.45, 2.75) is 47.5 Å². The molecule has 5 heteroatoms. The highest BCUT2D eigenvalue weighted by Crippen LogP contribution is 2.43. The van der Waals surface area contributed by atoms with E-state index in [1.54, 1.807) is 7.11 Å². The monoisotopic (exact) mass is 483 g/mol. The molecule has 2 rings (SSSR count). The Kier molecular flexibility index (Phi) is 9.09. The maximum absolute atomic E-state index is 12.7. The van der Waals surface area contributed by atoms with Crippen molar-refractivity contribution in [3.05, 3.63) is 67.8 Å². The van der Waals surface area contributed by atoms with Crippen molar-refractivity contribution in [3.8, 4) is 0 Å². The molecule has 0 fully saturated rings. The number of methoxy groups -OCH3 is 1. The van der Waals surface area contributed by atoms with Gasteiger partial charge in [0.25, 0.3) is 0 Å². The molecule has 0 radical (unpaired) electrons. The number of carbonyl (C=O) groups is 1. The largest absolute Gasteiger partial charge is 0.497 e. The van der Waals surface area contributed by atoms with Crippen molar-refractivity contribution in [2.75, 3.05) is 13.7 Å². The van der Waals surface area contributed by atoms with E-state index in [0.717, 1.165) is 31.7 Å². The van der Waals surface area contributed by atoms with E-state index in [4.69, 9.17) is 9.47 Å². The van der Waals surface area contributed by atoms with Gasteiger partial charge in [0.05, 0.1) is 19.3 Å². The summed E-state index contributed by atoms with van der Waals surface area (Å²) < 4.78 is 11.9. The van der Waals surface area contributed by atoms with Crippen molar-refractivity contribution in [2.24, 2.45) is 0 Å². The zero-order valence-corrected chi connectivity index (χ0v) is 19.5. The number of rotatable bonds is 5. The van der Waals surface area contributed by atoms with Crippen LogP contribution in [0.4, 0.5) is 0 Å². The summed E-state index contributed by atoms with van der Waals surface area (Å²) in [7, 11) is 1.59. The number of ether oxygens (including phenoxy) is 2. The molecule has 0 bridgehead atoms. The molecule has 1 heterocycles. The third-order valence-electron chi connectivity index (χ3n) is 4.34. The lowest BCUT2D eigenvalue weighted by Gasteiger charge is -2.32. The molecule has 1 atom stereocenters. The Bertz CT molecular complexity index is 778. The van der Waals surface area contributed by atoms with Gasteiger partial charge in [-0.3, -0.25) is 0 Å². The Balaban J connectivity index is 0.00000176. The number of dihydropyridines is 1. The number of aryl methyl sites for hydroxylation is 1. The minimum atomic E-state index is -0.316. The van der Waals surface area contributed by atoms with Crippen LogP contribution in [0.1, 0.15) is 51.7 Å². The predicted octanol–water partition coefficient (Wildman–Crippen LogP) is 5.58. The summed E-state index contributed by atoms with van der Waals surface area (Å²) in [6, 6.07) is 6.12. The van der Waals surface area contributed by atoms with Gasteiger partial charge in [0.2, 0.25) is 0 Å². The van der Waals surface area contributed by atoms with E-state index in [2.05, 4.69) is 47.5 Å². The van der Waals surface area contributed by atoms with Crippen LogP contribution in [0.2, 0.25) is 0 Å². The summed E-state index contributed by atoms with van der Waals surface area (Å²) in [4.78, 5) is 12.7. The third kappa shape index (κ3) is 4.94. The molecule has 1 aliphatic heterocycles. The maximum Gasteiger partial charge on any atom is 0.336 e. The van der Waals surface area contributed by atoms with Crippen LogP contribution in [-0.4, -0.2) is 19.7 Å². The summed E-state index contributed by atoms with van der Waals surface area (Å²) in [5.74, 6) is -0.0511. The number of carbonyl (C=O) groups excluding carboxylic acids is 1. The molecule has 4 nitrogen and oxygen atoms in total. The molecule has 0 aromatic heterocycles. The van der Waals surface area contributed by atoms with E-state index in [-0.39, 0.29) is 11.9 Å². The Morgan fingerprint density at radius 2 is 1.78 bits per heavy atom. The smallest absolute Gasteiger partial charge is 0.336 e. The number of nitrogens with one attached hydrogen (secondary N) is 1. The number of allylic oxidation sites excluding steroid dienone is 3. The first-order chi connectivity index (χ1) is 12.8. The van der Waals surface area contributed by atoms with Gasteiger partial charge in [-0.15, -0.1) is 0 Å². The van der Waals surface area contributed by atoms with Gasteiger partial charge < -0.3 is 14.8 Å². The van der Waals surface area contributed by atoms with E-state index in [0.29, 0.717) is 17.9 Å². The van der Waals surface area contributed by atoms with E-state index < -0.39 is 0 Å². The first-order valence-electron chi connectivity index (χ1n) is 9.17. The lowest BCUT2D eigenvalue weighted by molar-refractivity contribution is -0.138. The van der Waals surface area contributed by atoms with Gasteiger partial charge in [-0.1, -0.05) is 38.6 Å². The molecular weight excluding hydrogens is 453 g/mol. The number of benzene rings is 1. The van der Waals surface area contributed by atoms with E-state index >= 15 is 0 Å². The number of hydrogen-bond donors (Lipinski definition) is 1. The molecule has 0 aliphatic carbocycles. The maximum atomic E-state index is 12.7. The van der Waals surface area contributed by atoms with Gasteiger partial charge >= 0.3 is 5.97 Å². The second-order valence-corrected chi connectivity index (χ2v) is 7.04. The Hall–Kier alpha value is -1.76. The van der Waals surface area contributed by atoms with Gasteiger partial charge in [-0.05, 0) is 61.4 Å². The second-order valence-electron chi connectivity index (χ2n) is 5.96. The molecule has 1 unspecified atom stereocenters. The van der Waals surface area contributed by atoms with Crippen LogP contribution in [0.25, 0.3) is 0 Å². The van der Waals surface area contributed by atoms with Crippen LogP contribution in [0.5, 0.6) is 0 Å². The Morgan fingerprint density at radius 3 is 2.33 bits per heavy atom. The molecule has 0 saturated carbocycles. The van der Waals surface area contributed by atoms with Gasteiger partial charge in [-0.2, -0.15) is 0 Å². The average Bonchev–Trinajstić information content (AvgIpc) is 2.64. The molecule has 1 aromatic carbocycles. The quantitative estimate of drug-likeness (QED) is 0.337. The highest BCUT2D eigenvalue weighted by atomic mass is 127. The fraction of sp³-hybridized carbons (Fsp3) is 0.409. The van der Waals surface area contributed by atoms with Gasteiger partial charge in [0, 0.05) is 26.5 Å². The first kappa shape index (κ1) is 23.3. The van der Waals surface area contributed by atoms with Crippen molar-refractivity contribution in [1.82, 2.24) is 5.32 Å². The van der Waals surface area contributed by atoms with E-state index in [1.165, 1.54) is 0 Å². The zero-order chi connectivity index (χ0) is 20.7. The SMILES string of the molecule is C=C(OC)C1=C(C)NC(C)=C(C(=O)OCC)C1c1cccc(C)c1I.CC. The summed E-state index contributed by atoms with van der Waals surface area (Å²) in [5.41, 5.74) is 5.42. The van der Waals surface area contributed by atoms with Crippen LogP contribution in [0.3, 0.4) is 0 Å². The number of halogens is 1. The fourth-order valence-electron chi connectivity index (χ4n) is 3.16. The van der Waals surface area contributed by atoms with Gasteiger partial charge in [-0.25, -0.2) is 4.79 Å². The molecule has 27 heavy (non-hydrogen) atoms. The topological polar surface area (TPSA) is 47.6 Å². The van der Waals surface area contributed by atoms with Crippen molar-refractivity contribution < 1.29 is 14.3 Å². The third-order valence-corrected chi connectivity index (χ3v) is 5.81. The van der Waals surface area contributed by atoms with Crippen LogP contribution in [-0.2, 0) is 14.3 Å². The standard InChI is InChI=1S/C20H24INO3.C2H6/c1-7-25-20(23)17-13(4)22-12(3)16(14(5)24-6)18(17)15-10-8-9-11(2)19(15)21;1-2/h8-10,18,22H,5,7H2,1-4,6H3;1-2H3. The lowest BCUT2D eigenvalue weighted by atomic mass is 9.79. The fourth-order valence-corrected chi connectivity index (χ4v) is 3.83. The van der Waals surface area contributed by atoms with Crippen molar-refractivity contribution in [3.63, 3.8) is 0 Å². The van der Waals surface area contributed by atoms with E-state index in [1.807, 2.05) is 46.8 Å². The summed E-state index contributed by atoms with van der Waals surface area (Å²) in [6.45, 7) is 16.1. The minimum absolute atomic E-state index is 0.278. The summed E-state index contributed by atoms with van der Waals surface area (Å²) in [6.07, 6.45) is 0. The molecule has 0 amide bonds. The molecule has 1 aromatic rings. The molecular formula is C22H30INO3. The minimum Gasteiger partial charge on any atom is -0.497 e. The summed E-state index contributed by atoms with van der Waals surface area (Å²) in [5, 5.41) is 3.28. The van der Waals surface area contributed by atoms with Crippen LogP contribution >= 0.6 is 22.6 Å². The first-order valence-corrected chi connectivity index (χ1v) is 10.2. The Morgan fingerprint density at radius 1 is 1.19 bits per heavy atom. The van der Waals surface area contributed by atoms with E-state index in [9.17, 15) is 4.79 Å². The molecule has 1 N–H and O–H groups in total. The van der Waals surface area contributed by atoms with Crippen molar-refractivity contribution >= 4 is 28.6 Å². The summed E-state index contributed by atoms with van der Waals surface area (Å²) >= 11 is 2.33.